The number of aryl methyl sites for hydroxylation is 1. The van der Waals surface area contributed by atoms with Gasteiger partial charge in [0.25, 0.3) is 0 Å². The van der Waals surface area contributed by atoms with Crippen LogP contribution in [0.5, 0.6) is 5.75 Å². The molecule has 1 spiro atoms. The van der Waals surface area contributed by atoms with E-state index in [-0.39, 0.29) is 35.6 Å². The second-order valence-corrected chi connectivity index (χ2v) is 10.0. The van der Waals surface area contributed by atoms with Crippen LogP contribution in [-0.4, -0.2) is 41.6 Å². The highest BCUT2D eigenvalue weighted by atomic mass is 19.1. The standard InChI is InChI=1S/C28H31FN2O5/c1-16(2)35-24-10-7-19(26-31-30-17(3)36-26)13-23(24)20-14-28(34-15-20)12-11-22(27(32)33-4)25(28)18-5-8-21(29)9-6-18/h5-10,13,16,20,22,25H,11-12,14-15H2,1-4H3/t20-,22?,25-,28-/m1/s1. The number of methoxy groups -OCH3 is 1. The summed E-state index contributed by atoms with van der Waals surface area (Å²) in [4.78, 5) is 12.7. The molecule has 1 saturated heterocycles. The number of hydrogen-bond acceptors (Lipinski definition) is 7. The topological polar surface area (TPSA) is 83.7 Å². The van der Waals surface area contributed by atoms with Crippen molar-refractivity contribution in [2.75, 3.05) is 13.7 Å². The molecule has 0 N–H and O–H groups in total. The lowest BCUT2D eigenvalue weighted by molar-refractivity contribution is -0.146. The molecule has 5 rings (SSSR count). The summed E-state index contributed by atoms with van der Waals surface area (Å²) >= 11 is 0. The molecule has 8 heteroatoms. The van der Waals surface area contributed by atoms with Gasteiger partial charge in [-0.3, -0.25) is 4.79 Å². The van der Waals surface area contributed by atoms with Crippen LogP contribution < -0.4 is 4.74 Å². The van der Waals surface area contributed by atoms with E-state index >= 15 is 0 Å². The van der Waals surface area contributed by atoms with Crippen molar-refractivity contribution in [2.45, 2.75) is 63.6 Å². The van der Waals surface area contributed by atoms with E-state index < -0.39 is 5.60 Å². The van der Waals surface area contributed by atoms with Crippen LogP contribution in [0, 0.1) is 18.7 Å². The second kappa shape index (κ2) is 9.65. The third kappa shape index (κ3) is 4.50. The molecule has 1 aromatic heterocycles. The van der Waals surface area contributed by atoms with Crippen molar-refractivity contribution >= 4 is 5.97 Å². The summed E-state index contributed by atoms with van der Waals surface area (Å²) in [5.74, 6) is 0.622. The van der Waals surface area contributed by atoms with E-state index in [0.29, 0.717) is 37.7 Å². The number of carbonyl (C=O) groups is 1. The van der Waals surface area contributed by atoms with Gasteiger partial charge in [-0.1, -0.05) is 12.1 Å². The predicted molar refractivity (Wildman–Crippen MR) is 130 cm³/mol. The van der Waals surface area contributed by atoms with Gasteiger partial charge in [0.05, 0.1) is 31.3 Å². The van der Waals surface area contributed by atoms with Crippen molar-refractivity contribution in [3.8, 4) is 17.2 Å². The van der Waals surface area contributed by atoms with Crippen LogP contribution >= 0.6 is 0 Å². The number of aromatic nitrogens is 2. The van der Waals surface area contributed by atoms with Crippen molar-refractivity contribution in [2.24, 2.45) is 5.92 Å². The largest absolute Gasteiger partial charge is 0.491 e. The normalized spacial score (nSPS) is 25.6. The van der Waals surface area contributed by atoms with Gasteiger partial charge in [-0.15, -0.1) is 10.2 Å². The maximum atomic E-state index is 13.7. The summed E-state index contributed by atoms with van der Waals surface area (Å²) in [5, 5.41) is 8.13. The van der Waals surface area contributed by atoms with Gasteiger partial charge in [-0.05, 0) is 69.0 Å². The summed E-state index contributed by atoms with van der Waals surface area (Å²) in [6.45, 7) is 6.23. The lowest BCUT2D eigenvalue weighted by atomic mass is 9.76. The van der Waals surface area contributed by atoms with E-state index in [1.807, 2.05) is 32.0 Å². The summed E-state index contributed by atoms with van der Waals surface area (Å²) < 4.78 is 37.3. The fourth-order valence-corrected chi connectivity index (χ4v) is 5.87. The van der Waals surface area contributed by atoms with Gasteiger partial charge in [0, 0.05) is 29.9 Å². The Bertz CT molecular complexity index is 1240. The summed E-state index contributed by atoms with van der Waals surface area (Å²) in [6, 6.07) is 12.3. The third-order valence-electron chi connectivity index (χ3n) is 7.33. The Hall–Kier alpha value is -3.26. The maximum Gasteiger partial charge on any atom is 0.309 e. The summed E-state index contributed by atoms with van der Waals surface area (Å²) in [5.41, 5.74) is 2.15. The first-order valence-corrected chi connectivity index (χ1v) is 12.4. The van der Waals surface area contributed by atoms with Crippen LogP contribution in [0.3, 0.4) is 0 Å². The first-order chi connectivity index (χ1) is 17.3. The molecular weight excluding hydrogens is 463 g/mol. The number of nitrogens with zero attached hydrogens (tertiary/aromatic N) is 2. The van der Waals surface area contributed by atoms with E-state index in [0.717, 1.165) is 22.4 Å². The quantitative estimate of drug-likeness (QED) is 0.414. The molecular formula is C28H31FN2O5. The van der Waals surface area contributed by atoms with Crippen molar-refractivity contribution < 1.29 is 27.8 Å². The molecule has 1 unspecified atom stereocenters. The molecule has 2 fully saturated rings. The van der Waals surface area contributed by atoms with E-state index in [4.69, 9.17) is 18.6 Å². The number of hydrogen-bond donors (Lipinski definition) is 0. The van der Waals surface area contributed by atoms with Crippen molar-refractivity contribution in [3.63, 3.8) is 0 Å². The Labute approximate surface area is 210 Å². The SMILES string of the molecule is COC(=O)C1CC[C@@]2(C[C@@H](c3cc(-c4nnc(C)o4)ccc3OC(C)C)CO2)[C@@H]1c1ccc(F)cc1. The molecule has 0 amide bonds. The predicted octanol–water partition coefficient (Wildman–Crippen LogP) is 5.58. The number of rotatable bonds is 6. The minimum atomic E-state index is -0.562. The van der Waals surface area contributed by atoms with Crippen LogP contribution in [0.1, 0.15) is 62.0 Å². The van der Waals surface area contributed by atoms with E-state index in [1.165, 1.54) is 19.2 Å². The first kappa shape index (κ1) is 24.4. The fourth-order valence-electron chi connectivity index (χ4n) is 5.87. The van der Waals surface area contributed by atoms with Gasteiger partial charge < -0.3 is 18.6 Å². The summed E-state index contributed by atoms with van der Waals surface area (Å²) in [6.07, 6.45) is 2.06. The monoisotopic (exact) mass is 494 g/mol. The smallest absolute Gasteiger partial charge is 0.309 e. The molecule has 4 atom stereocenters. The number of esters is 1. The minimum Gasteiger partial charge on any atom is -0.491 e. The van der Waals surface area contributed by atoms with Crippen LogP contribution in [0.25, 0.3) is 11.5 Å². The molecule has 2 heterocycles. The van der Waals surface area contributed by atoms with E-state index in [9.17, 15) is 9.18 Å². The van der Waals surface area contributed by atoms with Gasteiger partial charge in [0.15, 0.2) is 0 Å². The summed E-state index contributed by atoms with van der Waals surface area (Å²) in [7, 11) is 1.41. The molecule has 0 radical (unpaired) electrons. The van der Waals surface area contributed by atoms with Gasteiger partial charge in [-0.2, -0.15) is 0 Å². The molecule has 2 aromatic carbocycles. The Morgan fingerprint density at radius 2 is 1.94 bits per heavy atom. The highest BCUT2D eigenvalue weighted by molar-refractivity contribution is 5.74. The van der Waals surface area contributed by atoms with Crippen molar-refractivity contribution in [1.29, 1.82) is 0 Å². The van der Waals surface area contributed by atoms with E-state index in [1.54, 1.807) is 19.1 Å². The lowest BCUT2D eigenvalue weighted by Crippen LogP contribution is -2.35. The first-order valence-electron chi connectivity index (χ1n) is 12.4. The second-order valence-electron chi connectivity index (χ2n) is 10.0. The lowest BCUT2D eigenvalue weighted by Gasteiger charge is -2.33. The van der Waals surface area contributed by atoms with Crippen LogP contribution in [0.2, 0.25) is 0 Å². The average Bonchev–Trinajstić information content (AvgIpc) is 3.58. The zero-order chi connectivity index (χ0) is 25.4. The van der Waals surface area contributed by atoms with Gasteiger partial charge in [0.1, 0.15) is 11.6 Å². The van der Waals surface area contributed by atoms with Gasteiger partial charge in [0.2, 0.25) is 11.8 Å². The molecule has 1 saturated carbocycles. The molecule has 190 valence electrons. The number of benzene rings is 2. The van der Waals surface area contributed by atoms with E-state index in [2.05, 4.69) is 10.2 Å². The molecule has 7 nitrogen and oxygen atoms in total. The Kier molecular flexibility index (Phi) is 6.55. The Morgan fingerprint density at radius 1 is 1.17 bits per heavy atom. The highest BCUT2D eigenvalue weighted by Crippen LogP contribution is 2.57. The van der Waals surface area contributed by atoms with Crippen molar-refractivity contribution in [3.05, 3.63) is 65.3 Å². The third-order valence-corrected chi connectivity index (χ3v) is 7.33. The zero-order valence-corrected chi connectivity index (χ0v) is 21.0. The Balaban J connectivity index is 1.51. The van der Waals surface area contributed by atoms with Crippen LogP contribution in [0.15, 0.2) is 46.9 Å². The molecule has 3 aromatic rings. The minimum absolute atomic E-state index is 0.00122. The van der Waals surface area contributed by atoms with Crippen LogP contribution in [-0.2, 0) is 14.3 Å². The maximum absolute atomic E-state index is 13.7. The highest BCUT2D eigenvalue weighted by Gasteiger charge is 2.56. The van der Waals surface area contributed by atoms with Crippen LogP contribution in [0.4, 0.5) is 4.39 Å². The molecule has 1 aliphatic heterocycles. The number of ether oxygens (including phenoxy) is 3. The molecule has 0 bridgehead atoms. The molecule has 36 heavy (non-hydrogen) atoms. The number of halogens is 1. The van der Waals surface area contributed by atoms with Gasteiger partial charge in [-0.25, -0.2) is 4.39 Å². The number of carbonyl (C=O) groups excluding carboxylic acids is 1. The molecule has 2 aliphatic rings. The average molecular weight is 495 g/mol. The van der Waals surface area contributed by atoms with Gasteiger partial charge >= 0.3 is 5.97 Å². The zero-order valence-electron chi connectivity index (χ0n) is 21.0. The fraction of sp³-hybridized carbons (Fsp3) is 0.464. The molecule has 1 aliphatic carbocycles. The van der Waals surface area contributed by atoms with Crippen molar-refractivity contribution in [1.82, 2.24) is 10.2 Å². The Morgan fingerprint density at radius 3 is 2.61 bits per heavy atom.